The van der Waals surface area contributed by atoms with Crippen molar-refractivity contribution in [1.29, 1.82) is 0 Å². The number of H-pyrrole nitrogens is 1. The van der Waals surface area contributed by atoms with Gasteiger partial charge < -0.3 is 29.0 Å². The Labute approximate surface area is 184 Å². The number of rotatable bonds is 3. The first-order chi connectivity index (χ1) is 15.6. The fourth-order valence-electron chi connectivity index (χ4n) is 3.83. The Morgan fingerprint density at radius 1 is 1.16 bits per heavy atom. The summed E-state index contributed by atoms with van der Waals surface area (Å²) in [7, 11) is 1.64. The summed E-state index contributed by atoms with van der Waals surface area (Å²) in [5.41, 5.74) is 3.17. The van der Waals surface area contributed by atoms with Crippen LogP contribution in [0.1, 0.15) is 16.9 Å². The first kappa shape index (κ1) is 21.2. The molecule has 0 aliphatic carbocycles. The number of carbonyl (C=O) groups excluding carboxylic acids is 1. The normalized spacial score (nSPS) is 14.0. The predicted octanol–water partition coefficient (Wildman–Crippen LogP) is 3.37. The van der Waals surface area contributed by atoms with Crippen LogP contribution in [0, 0.1) is 0 Å². The summed E-state index contributed by atoms with van der Waals surface area (Å²) in [5, 5.41) is 7.86. The van der Waals surface area contributed by atoms with Crippen molar-refractivity contribution >= 4 is 40.4 Å². The zero-order valence-corrected chi connectivity index (χ0v) is 17.7. The highest BCUT2D eigenvalue weighted by Crippen LogP contribution is 2.24. The molecule has 1 fully saturated rings. The molecule has 0 spiro atoms. The standard InChI is InChI=1S/C22H22N4O3.CH2O2/c1-28-16-7-8-17-15(13-16)14-19(23-17)21(27)25-9-4-10-26(12-11-25)22-24-18-5-2-3-6-20(18)29-22;2-1-3/h2-3,5-8,13-14,23H,4,9-12H2,1H3;1H,(H,2,3). The minimum absolute atomic E-state index is 0.0135. The van der Waals surface area contributed by atoms with E-state index in [4.69, 9.17) is 19.1 Å². The van der Waals surface area contributed by atoms with E-state index < -0.39 is 0 Å². The molecule has 1 aliphatic rings. The number of carbonyl (C=O) groups is 2. The van der Waals surface area contributed by atoms with Gasteiger partial charge in [-0.1, -0.05) is 12.1 Å². The molecule has 1 amide bonds. The second-order valence-electron chi connectivity index (χ2n) is 7.34. The molecular weight excluding hydrogens is 412 g/mol. The van der Waals surface area contributed by atoms with Crippen molar-refractivity contribution in [3.8, 4) is 5.75 Å². The molecule has 1 saturated heterocycles. The molecule has 0 saturated carbocycles. The Hall–Kier alpha value is -4.01. The van der Waals surface area contributed by atoms with E-state index in [1.165, 1.54) is 0 Å². The Morgan fingerprint density at radius 2 is 1.97 bits per heavy atom. The SMILES string of the molecule is COc1ccc2[nH]c(C(=O)N3CCCN(c4nc5ccccc5o4)CC3)cc2c1.O=CO. The maximum Gasteiger partial charge on any atom is 0.298 e. The lowest BCUT2D eigenvalue weighted by molar-refractivity contribution is -0.122. The number of nitrogens with zero attached hydrogens (tertiary/aromatic N) is 3. The average Bonchev–Trinajstić information content (AvgIpc) is 3.35. The highest BCUT2D eigenvalue weighted by Gasteiger charge is 2.24. The van der Waals surface area contributed by atoms with Crippen molar-refractivity contribution in [3.05, 3.63) is 54.2 Å². The number of benzene rings is 2. The lowest BCUT2D eigenvalue weighted by Crippen LogP contribution is -2.35. The van der Waals surface area contributed by atoms with Gasteiger partial charge in [0.25, 0.3) is 18.4 Å². The minimum atomic E-state index is -0.250. The van der Waals surface area contributed by atoms with E-state index in [2.05, 4.69) is 14.9 Å². The van der Waals surface area contributed by atoms with Crippen molar-refractivity contribution < 1.29 is 23.8 Å². The van der Waals surface area contributed by atoms with Crippen molar-refractivity contribution in [3.63, 3.8) is 0 Å². The number of hydrogen-bond acceptors (Lipinski definition) is 6. The summed E-state index contributed by atoms with van der Waals surface area (Å²) in [6.45, 7) is 2.57. The van der Waals surface area contributed by atoms with Gasteiger partial charge >= 0.3 is 0 Å². The summed E-state index contributed by atoms with van der Waals surface area (Å²) in [6, 6.07) is 16.0. The number of fused-ring (bicyclic) bond motifs is 2. The topological polar surface area (TPSA) is 112 Å². The second-order valence-corrected chi connectivity index (χ2v) is 7.34. The van der Waals surface area contributed by atoms with Crippen molar-refractivity contribution in [1.82, 2.24) is 14.9 Å². The van der Waals surface area contributed by atoms with E-state index in [1.807, 2.05) is 53.4 Å². The van der Waals surface area contributed by atoms with Gasteiger partial charge in [0.2, 0.25) is 0 Å². The van der Waals surface area contributed by atoms with Gasteiger partial charge in [-0.3, -0.25) is 9.59 Å². The van der Waals surface area contributed by atoms with Crippen LogP contribution in [-0.2, 0) is 4.79 Å². The van der Waals surface area contributed by atoms with Gasteiger partial charge in [-0.15, -0.1) is 0 Å². The van der Waals surface area contributed by atoms with E-state index in [-0.39, 0.29) is 12.4 Å². The smallest absolute Gasteiger partial charge is 0.298 e. The van der Waals surface area contributed by atoms with E-state index in [0.717, 1.165) is 40.7 Å². The zero-order chi connectivity index (χ0) is 22.5. The van der Waals surface area contributed by atoms with Crippen LogP contribution in [0.5, 0.6) is 5.75 Å². The van der Waals surface area contributed by atoms with Gasteiger partial charge in [0.15, 0.2) is 5.58 Å². The van der Waals surface area contributed by atoms with E-state index in [0.29, 0.717) is 31.3 Å². The molecule has 2 aromatic carbocycles. The molecule has 4 aromatic rings. The Morgan fingerprint density at radius 3 is 2.75 bits per heavy atom. The molecule has 0 unspecified atom stereocenters. The maximum atomic E-state index is 13.1. The lowest BCUT2D eigenvalue weighted by Gasteiger charge is -2.20. The Kier molecular flexibility index (Phi) is 6.25. The molecule has 0 atom stereocenters. The van der Waals surface area contributed by atoms with Gasteiger partial charge in [0, 0.05) is 37.1 Å². The van der Waals surface area contributed by atoms with Gasteiger partial charge in [0.1, 0.15) is 17.0 Å². The van der Waals surface area contributed by atoms with Crippen molar-refractivity contribution in [2.45, 2.75) is 6.42 Å². The monoisotopic (exact) mass is 436 g/mol. The summed E-state index contributed by atoms with van der Waals surface area (Å²) >= 11 is 0. The van der Waals surface area contributed by atoms with Crippen LogP contribution in [0.15, 0.2) is 52.9 Å². The second kappa shape index (κ2) is 9.42. The largest absolute Gasteiger partial charge is 0.497 e. The number of oxazole rings is 1. The van der Waals surface area contributed by atoms with Crippen LogP contribution in [0.2, 0.25) is 0 Å². The molecule has 32 heavy (non-hydrogen) atoms. The number of aromatic amines is 1. The van der Waals surface area contributed by atoms with Crippen molar-refractivity contribution in [2.24, 2.45) is 0 Å². The van der Waals surface area contributed by atoms with Crippen LogP contribution in [0.4, 0.5) is 6.01 Å². The fraction of sp³-hybridized carbons (Fsp3) is 0.261. The molecule has 1 aliphatic heterocycles. The summed E-state index contributed by atoms with van der Waals surface area (Å²) in [5.74, 6) is 0.791. The molecule has 9 heteroatoms. The van der Waals surface area contributed by atoms with E-state index in [1.54, 1.807) is 7.11 Å². The molecule has 3 heterocycles. The molecular formula is C23H24N4O5. The minimum Gasteiger partial charge on any atom is -0.497 e. The average molecular weight is 436 g/mol. The summed E-state index contributed by atoms with van der Waals surface area (Å²) in [4.78, 5) is 33.3. The van der Waals surface area contributed by atoms with Crippen LogP contribution >= 0.6 is 0 Å². The number of amides is 1. The molecule has 9 nitrogen and oxygen atoms in total. The molecule has 166 valence electrons. The van der Waals surface area contributed by atoms with E-state index >= 15 is 0 Å². The summed E-state index contributed by atoms with van der Waals surface area (Å²) in [6.07, 6.45) is 0.860. The van der Waals surface area contributed by atoms with Gasteiger partial charge in [-0.25, -0.2) is 0 Å². The number of methoxy groups -OCH3 is 1. The number of anilines is 1. The third-order valence-corrected chi connectivity index (χ3v) is 5.39. The number of carboxylic acid groups (broad SMARTS) is 1. The highest BCUT2D eigenvalue weighted by atomic mass is 16.5. The van der Waals surface area contributed by atoms with Crippen molar-refractivity contribution in [2.75, 3.05) is 38.2 Å². The van der Waals surface area contributed by atoms with Gasteiger partial charge in [0.05, 0.1) is 7.11 Å². The van der Waals surface area contributed by atoms with Crippen LogP contribution in [-0.4, -0.2) is 65.6 Å². The quantitative estimate of drug-likeness (QED) is 0.474. The van der Waals surface area contributed by atoms with Gasteiger partial charge in [-0.2, -0.15) is 4.98 Å². The fourth-order valence-corrected chi connectivity index (χ4v) is 3.83. The highest BCUT2D eigenvalue weighted by molar-refractivity contribution is 5.98. The molecule has 2 aromatic heterocycles. The number of para-hydroxylation sites is 2. The third-order valence-electron chi connectivity index (χ3n) is 5.39. The van der Waals surface area contributed by atoms with Crippen LogP contribution < -0.4 is 9.64 Å². The first-order valence-corrected chi connectivity index (χ1v) is 10.3. The number of nitrogens with one attached hydrogen (secondary N) is 1. The maximum absolute atomic E-state index is 13.1. The number of aromatic nitrogens is 2. The Bertz CT molecular complexity index is 1200. The molecule has 0 bridgehead atoms. The number of hydrogen-bond donors (Lipinski definition) is 2. The lowest BCUT2D eigenvalue weighted by atomic mass is 10.2. The zero-order valence-electron chi connectivity index (χ0n) is 17.7. The Balaban J connectivity index is 0.000000775. The molecule has 5 rings (SSSR count). The van der Waals surface area contributed by atoms with E-state index in [9.17, 15) is 4.79 Å². The first-order valence-electron chi connectivity index (χ1n) is 10.3. The molecule has 2 N–H and O–H groups in total. The predicted molar refractivity (Wildman–Crippen MR) is 120 cm³/mol. The third kappa shape index (κ3) is 4.36. The van der Waals surface area contributed by atoms with Gasteiger partial charge in [-0.05, 0) is 42.8 Å². The number of ether oxygens (including phenoxy) is 1. The molecule has 0 radical (unpaired) electrons. The van der Waals surface area contributed by atoms with Crippen LogP contribution in [0.25, 0.3) is 22.0 Å². The summed E-state index contributed by atoms with van der Waals surface area (Å²) < 4.78 is 11.2. The van der Waals surface area contributed by atoms with Crippen LogP contribution in [0.3, 0.4) is 0 Å².